The molecule has 1 aliphatic rings. The van der Waals surface area contributed by atoms with Gasteiger partial charge in [0.2, 0.25) is 5.95 Å². The molecule has 1 unspecified atom stereocenters. The zero-order valence-corrected chi connectivity index (χ0v) is 13.4. The average Bonchev–Trinajstić information content (AvgIpc) is 2.98. The van der Waals surface area contributed by atoms with Gasteiger partial charge >= 0.3 is 5.97 Å². The van der Waals surface area contributed by atoms with Crippen molar-refractivity contribution in [2.75, 3.05) is 12.4 Å². The van der Waals surface area contributed by atoms with E-state index >= 15 is 0 Å². The number of para-hydroxylation sites is 2. The van der Waals surface area contributed by atoms with Gasteiger partial charge in [0, 0.05) is 18.1 Å². The van der Waals surface area contributed by atoms with Gasteiger partial charge in [-0.15, -0.1) is 0 Å². The smallest absolute Gasteiger partial charge is 0.337 e. The van der Waals surface area contributed by atoms with Gasteiger partial charge in [-0.2, -0.15) is 0 Å². The second-order valence-corrected chi connectivity index (χ2v) is 5.64. The summed E-state index contributed by atoms with van der Waals surface area (Å²) in [6.07, 6.45) is 3.48. The Morgan fingerprint density at radius 2 is 2.08 bits per heavy atom. The zero-order valence-electron chi connectivity index (χ0n) is 13.4. The van der Waals surface area contributed by atoms with Crippen molar-refractivity contribution in [3.8, 4) is 0 Å². The van der Waals surface area contributed by atoms with Gasteiger partial charge in [0.05, 0.1) is 29.8 Å². The largest absolute Gasteiger partial charge is 0.466 e. The number of carbonyl (C=O) groups excluding carboxylic acids is 1. The number of nitrogens with one attached hydrogen (secondary N) is 1. The Kier molecular flexibility index (Phi) is 3.30. The molecule has 6 nitrogen and oxygen atoms in total. The number of ether oxygens (including phenoxy) is 1. The summed E-state index contributed by atoms with van der Waals surface area (Å²) >= 11 is 0. The van der Waals surface area contributed by atoms with Crippen LogP contribution >= 0.6 is 0 Å². The molecule has 1 aromatic carbocycles. The van der Waals surface area contributed by atoms with Crippen molar-refractivity contribution in [2.24, 2.45) is 0 Å². The number of hydrogen-bond acceptors (Lipinski definition) is 5. The molecule has 3 aromatic rings. The Morgan fingerprint density at radius 1 is 1.25 bits per heavy atom. The first kappa shape index (κ1) is 14.4. The van der Waals surface area contributed by atoms with Crippen LogP contribution < -0.4 is 5.32 Å². The molecule has 1 aliphatic heterocycles. The summed E-state index contributed by atoms with van der Waals surface area (Å²) in [7, 11) is 1.39. The third-order valence-electron chi connectivity index (χ3n) is 4.24. The number of aromatic nitrogens is 3. The molecule has 0 fully saturated rings. The fourth-order valence-electron chi connectivity index (χ4n) is 3.19. The number of anilines is 1. The molecule has 3 heterocycles. The van der Waals surface area contributed by atoms with Crippen molar-refractivity contribution >= 4 is 23.0 Å². The van der Waals surface area contributed by atoms with Gasteiger partial charge in [-0.05, 0) is 30.7 Å². The van der Waals surface area contributed by atoms with Gasteiger partial charge < -0.3 is 10.1 Å². The monoisotopic (exact) mass is 320 g/mol. The van der Waals surface area contributed by atoms with Crippen LogP contribution in [0.4, 0.5) is 5.95 Å². The number of carbonyl (C=O) groups is 1. The molecule has 0 radical (unpaired) electrons. The number of benzene rings is 1. The number of rotatable bonds is 2. The molecule has 0 saturated carbocycles. The SMILES string of the molecule is COC(=O)C1=C(C)Nc2nc3ccccc3n2C1c1cccnc1. The standard InChI is InChI=1S/C18H16N4O2/c1-11-15(17(23)24-2)16(12-6-5-9-19-10-12)22-14-8-4-3-7-13(14)21-18(22)20-11/h3-10,16H,1-2H3,(H,20,21). The van der Waals surface area contributed by atoms with E-state index in [0.717, 1.165) is 22.3 Å². The highest BCUT2D eigenvalue weighted by atomic mass is 16.5. The molecule has 1 atom stereocenters. The van der Waals surface area contributed by atoms with Crippen molar-refractivity contribution in [3.05, 3.63) is 65.6 Å². The van der Waals surface area contributed by atoms with Crippen molar-refractivity contribution in [1.29, 1.82) is 0 Å². The number of pyridine rings is 1. The van der Waals surface area contributed by atoms with Gasteiger partial charge in [0.15, 0.2) is 0 Å². The van der Waals surface area contributed by atoms with E-state index in [2.05, 4.69) is 15.3 Å². The molecule has 6 heteroatoms. The molecule has 1 N–H and O–H groups in total. The lowest BCUT2D eigenvalue weighted by atomic mass is 9.96. The molecule has 0 spiro atoms. The first-order valence-corrected chi connectivity index (χ1v) is 7.63. The minimum Gasteiger partial charge on any atom is -0.466 e. The molecule has 2 aromatic heterocycles. The second-order valence-electron chi connectivity index (χ2n) is 5.64. The number of allylic oxidation sites excluding steroid dienone is 1. The van der Waals surface area contributed by atoms with Gasteiger partial charge in [0.1, 0.15) is 0 Å². The highest BCUT2D eigenvalue weighted by Gasteiger charge is 2.34. The lowest BCUT2D eigenvalue weighted by Gasteiger charge is -2.29. The number of fused-ring (bicyclic) bond motifs is 3. The quantitative estimate of drug-likeness (QED) is 0.735. The van der Waals surface area contributed by atoms with E-state index in [1.54, 1.807) is 12.4 Å². The number of methoxy groups -OCH3 is 1. The maximum Gasteiger partial charge on any atom is 0.337 e. The van der Waals surface area contributed by atoms with Crippen molar-refractivity contribution < 1.29 is 9.53 Å². The third kappa shape index (κ3) is 2.07. The van der Waals surface area contributed by atoms with E-state index in [-0.39, 0.29) is 12.0 Å². The van der Waals surface area contributed by atoms with E-state index in [0.29, 0.717) is 11.5 Å². The maximum atomic E-state index is 12.5. The molecular weight excluding hydrogens is 304 g/mol. The number of hydrogen-bond donors (Lipinski definition) is 1. The van der Waals surface area contributed by atoms with Gasteiger partial charge in [-0.1, -0.05) is 18.2 Å². The van der Waals surface area contributed by atoms with Gasteiger partial charge in [0.25, 0.3) is 0 Å². The number of nitrogens with zero attached hydrogens (tertiary/aromatic N) is 3. The average molecular weight is 320 g/mol. The molecule has 0 bridgehead atoms. The minimum absolute atomic E-state index is 0.338. The van der Waals surface area contributed by atoms with Crippen molar-refractivity contribution in [3.63, 3.8) is 0 Å². The Hall–Kier alpha value is -3.15. The topological polar surface area (TPSA) is 69.0 Å². The first-order chi connectivity index (χ1) is 11.7. The molecule has 0 amide bonds. The first-order valence-electron chi connectivity index (χ1n) is 7.63. The fraction of sp³-hybridized carbons (Fsp3) is 0.167. The van der Waals surface area contributed by atoms with Crippen LogP contribution in [0.2, 0.25) is 0 Å². The minimum atomic E-state index is -0.364. The van der Waals surface area contributed by atoms with Gasteiger partial charge in [-0.3, -0.25) is 9.55 Å². The van der Waals surface area contributed by atoms with E-state index in [1.807, 2.05) is 47.9 Å². The zero-order chi connectivity index (χ0) is 16.7. The highest BCUT2D eigenvalue weighted by Crippen LogP contribution is 2.39. The Labute approximate surface area is 138 Å². The van der Waals surface area contributed by atoms with Crippen molar-refractivity contribution in [2.45, 2.75) is 13.0 Å². The number of esters is 1. The maximum absolute atomic E-state index is 12.5. The molecule has 0 saturated heterocycles. The summed E-state index contributed by atoms with van der Waals surface area (Å²) in [6, 6.07) is 11.3. The highest BCUT2D eigenvalue weighted by molar-refractivity contribution is 5.93. The van der Waals surface area contributed by atoms with E-state index in [1.165, 1.54) is 7.11 Å². The van der Waals surface area contributed by atoms with Crippen LogP contribution in [0.25, 0.3) is 11.0 Å². The predicted octanol–water partition coefficient (Wildman–Crippen LogP) is 2.89. The lowest BCUT2D eigenvalue weighted by molar-refractivity contribution is -0.136. The lowest BCUT2D eigenvalue weighted by Crippen LogP contribution is -2.28. The van der Waals surface area contributed by atoms with E-state index in [4.69, 9.17) is 4.74 Å². The summed E-state index contributed by atoms with van der Waals surface area (Å²) < 4.78 is 7.04. The van der Waals surface area contributed by atoms with Gasteiger partial charge in [-0.25, -0.2) is 9.78 Å². The molecule has 120 valence electrons. The summed E-state index contributed by atoms with van der Waals surface area (Å²) in [4.78, 5) is 21.3. The van der Waals surface area contributed by atoms with Crippen LogP contribution in [-0.2, 0) is 9.53 Å². The van der Waals surface area contributed by atoms with Crippen LogP contribution in [0.3, 0.4) is 0 Å². The van der Waals surface area contributed by atoms with Crippen molar-refractivity contribution in [1.82, 2.24) is 14.5 Å². The Balaban J connectivity index is 2.02. The van der Waals surface area contributed by atoms with Crippen LogP contribution in [0.15, 0.2) is 60.1 Å². The second kappa shape index (κ2) is 5.49. The molecule has 4 rings (SSSR count). The molecular formula is C18H16N4O2. The molecule has 0 aliphatic carbocycles. The summed E-state index contributed by atoms with van der Waals surface area (Å²) in [6.45, 7) is 1.86. The number of imidazole rings is 1. The third-order valence-corrected chi connectivity index (χ3v) is 4.24. The van der Waals surface area contributed by atoms with Crippen LogP contribution in [0.1, 0.15) is 18.5 Å². The van der Waals surface area contributed by atoms with E-state index < -0.39 is 0 Å². The van der Waals surface area contributed by atoms with E-state index in [9.17, 15) is 4.79 Å². The Morgan fingerprint density at radius 3 is 2.83 bits per heavy atom. The normalized spacial score (nSPS) is 16.7. The Bertz CT molecular complexity index is 960. The summed E-state index contributed by atoms with van der Waals surface area (Å²) in [5, 5.41) is 3.22. The van der Waals surface area contributed by atoms with Crippen LogP contribution in [-0.4, -0.2) is 27.6 Å². The fourth-order valence-corrected chi connectivity index (χ4v) is 3.19. The van der Waals surface area contributed by atoms with Crippen LogP contribution in [0, 0.1) is 0 Å². The predicted molar refractivity (Wildman–Crippen MR) is 90.4 cm³/mol. The summed E-state index contributed by atoms with van der Waals surface area (Å²) in [5.74, 6) is 0.340. The summed E-state index contributed by atoms with van der Waals surface area (Å²) in [5.41, 5.74) is 4.01. The molecule has 24 heavy (non-hydrogen) atoms. The van der Waals surface area contributed by atoms with Crippen LogP contribution in [0.5, 0.6) is 0 Å².